The van der Waals surface area contributed by atoms with Crippen molar-refractivity contribution < 1.29 is 17.9 Å². The third-order valence-electron chi connectivity index (χ3n) is 5.34. The maximum atomic E-state index is 13.1. The molecule has 0 bridgehead atoms. The number of hydrogen-bond acceptors (Lipinski definition) is 7. The van der Waals surface area contributed by atoms with Gasteiger partial charge >= 0.3 is 0 Å². The van der Waals surface area contributed by atoms with E-state index in [1.807, 2.05) is 24.3 Å². The molecule has 1 aromatic carbocycles. The Bertz CT molecular complexity index is 1270. The largest absolute Gasteiger partial charge is 0.481 e. The van der Waals surface area contributed by atoms with Crippen molar-refractivity contribution in [2.24, 2.45) is 11.1 Å². The summed E-state index contributed by atoms with van der Waals surface area (Å²) in [6.07, 6.45) is 1.22. The van der Waals surface area contributed by atoms with E-state index in [4.69, 9.17) is 9.88 Å². The molecule has 0 spiro atoms. The minimum Gasteiger partial charge on any atom is -0.481 e. The van der Waals surface area contributed by atoms with Gasteiger partial charge in [-0.1, -0.05) is 29.5 Å². The number of anilines is 1. The van der Waals surface area contributed by atoms with Crippen LogP contribution in [0.3, 0.4) is 0 Å². The molecule has 2 heterocycles. The molecule has 162 valence electrons. The number of carbonyl (C=O) groups is 1. The van der Waals surface area contributed by atoms with Crippen LogP contribution in [-0.2, 0) is 27.7 Å². The van der Waals surface area contributed by atoms with Crippen molar-refractivity contribution in [2.45, 2.75) is 24.0 Å². The van der Waals surface area contributed by atoms with Crippen molar-refractivity contribution in [3.8, 4) is 17.1 Å². The number of amides is 1. The molecule has 0 radical (unpaired) electrons. The fraction of sp³-hybridized carbons (Fsp3) is 0.286. The highest BCUT2D eigenvalue weighted by Crippen LogP contribution is 2.34. The van der Waals surface area contributed by atoms with Crippen molar-refractivity contribution >= 4 is 32.4 Å². The number of nitrogens with zero attached hydrogens (tertiary/aromatic N) is 3. The lowest BCUT2D eigenvalue weighted by Gasteiger charge is -2.18. The van der Waals surface area contributed by atoms with Gasteiger partial charge in [0.05, 0.1) is 18.5 Å². The first-order valence-electron chi connectivity index (χ1n) is 9.58. The third kappa shape index (κ3) is 4.18. The molecule has 1 aliphatic carbocycles. The first kappa shape index (κ1) is 21.4. The maximum Gasteiger partial charge on any atom is 0.249 e. The molecule has 8 nitrogen and oxygen atoms in total. The predicted octanol–water partition coefficient (Wildman–Crippen LogP) is 2.55. The molecule has 10 heteroatoms. The van der Waals surface area contributed by atoms with E-state index in [2.05, 4.69) is 16.0 Å². The fourth-order valence-corrected chi connectivity index (χ4v) is 5.70. The molecule has 31 heavy (non-hydrogen) atoms. The number of aromatic nitrogens is 2. The Morgan fingerprint density at radius 3 is 2.61 bits per heavy atom. The number of carbonyl (C=O) groups excluding carboxylic acids is 1. The molecule has 1 unspecified atom stereocenters. The number of pyridine rings is 1. The number of methoxy groups -OCH3 is 1. The number of thiazole rings is 1. The first-order valence-corrected chi connectivity index (χ1v) is 11.9. The summed E-state index contributed by atoms with van der Waals surface area (Å²) >= 11 is 0.910. The number of sulfonamides is 1. The summed E-state index contributed by atoms with van der Waals surface area (Å²) < 4.78 is 28.6. The standard InChI is InChI=1S/C21H22N4O4S2/c1-12-20(31(22,27)28)30-21(23-12)25(2)19(26)16-9-13-7-8-14(10-15(13)11-16)17-5-4-6-18(24-17)29-3/h4-8,10,16H,9,11H2,1-3H3,(H2,22,27,28). The Balaban J connectivity index is 1.54. The molecule has 1 atom stereocenters. The molecular formula is C21H22N4O4S2. The summed E-state index contributed by atoms with van der Waals surface area (Å²) in [5.41, 5.74) is 4.30. The Labute approximate surface area is 184 Å². The number of aryl methyl sites for hydroxylation is 1. The lowest BCUT2D eigenvalue weighted by atomic mass is 10.0. The maximum absolute atomic E-state index is 13.1. The van der Waals surface area contributed by atoms with Crippen LogP contribution in [0.15, 0.2) is 40.6 Å². The van der Waals surface area contributed by atoms with Crippen molar-refractivity contribution in [3.63, 3.8) is 0 Å². The molecule has 3 aromatic rings. The van der Waals surface area contributed by atoms with Crippen LogP contribution in [0, 0.1) is 12.8 Å². The van der Waals surface area contributed by atoms with Crippen molar-refractivity contribution in [3.05, 3.63) is 53.2 Å². The normalized spacial score (nSPS) is 15.5. The van der Waals surface area contributed by atoms with Gasteiger partial charge in [-0.05, 0) is 43.0 Å². The minimum atomic E-state index is -3.87. The van der Waals surface area contributed by atoms with Crippen LogP contribution in [0.2, 0.25) is 0 Å². The molecule has 2 aromatic heterocycles. The number of benzene rings is 1. The van der Waals surface area contributed by atoms with Crippen molar-refractivity contribution in [2.75, 3.05) is 19.1 Å². The van der Waals surface area contributed by atoms with Gasteiger partial charge in [-0.15, -0.1) is 0 Å². The number of fused-ring (bicyclic) bond motifs is 1. The van der Waals surface area contributed by atoms with Crippen LogP contribution >= 0.6 is 11.3 Å². The number of rotatable bonds is 5. The van der Waals surface area contributed by atoms with E-state index < -0.39 is 10.0 Å². The molecule has 2 N–H and O–H groups in total. The van der Waals surface area contributed by atoms with E-state index in [-0.39, 0.29) is 16.0 Å². The average molecular weight is 459 g/mol. The van der Waals surface area contributed by atoms with Gasteiger partial charge < -0.3 is 4.74 Å². The third-order valence-corrected chi connectivity index (χ3v) is 8.12. The zero-order chi connectivity index (χ0) is 22.3. The second kappa shape index (κ2) is 8.03. The Kier molecular flexibility index (Phi) is 5.54. The quantitative estimate of drug-likeness (QED) is 0.628. The highest BCUT2D eigenvalue weighted by atomic mass is 32.2. The topological polar surface area (TPSA) is 115 Å². The van der Waals surface area contributed by atoms with Gasteiger partial charge in [0.25, 0.3) is 0 Å². The number of ether oxygens (including phenoxy) is 1. The average Bonchev–Trinajstić information content (AvgIpc) is 3.35. The highest BCUT2D eigenvalue weighted by molar-refractivity contribution is 7.91. The molecule has 1 aliphatic rings. The highest BCUT2D eigenvalue weighted by Gasteiger charge is 2.32. The van der Waals surface area contributed by atoms with Crippen LogP contribution in [0.4, 0.5) is 5.13 Å². The SMILES string of the molecule is COc1cccc(-c2ccc3c(c2)CC(C(=O)N(C)c2nc(C)c(S(N)(=O)=O)s2)C3)n1. The van der Waals surface area contributed by atoms with Crippen LogP contribution < -0.4 is 14.8 Å². The number of nitrogens with two attached hydrogens (primary N) is 1. The van der Waals surface area contributed by atoms with Gasteiger partial charge in [-0.3, -0.25) is 9.69 Å². The molecule has 0 saturated heterocycles. The van der Waals surface area contributed by atoms with Crippen LogP contribution in [-0.4, -0.2) is 38.5 Å². The number of hydrogen-bond donors (Lipinski definition) is 1. The van der Waals surface area contributed by atoms with Gasteiger partial charge in [-0.2, -0.15) is 0 Å². The molecule has 0 aliphatic heterocycles. The lowest BCUT2D eigenvalue weighted by molar-refractivity contribution is -0.121. The van der Waals surface area contributed by atoms with Crippen LogP contribution in [0.1, 0.15) is 16.8 Å². The van der Waals surface area contributed by atoms with Crippen molar-refractivity contribution in [1.29, 1.82) is 0 Å². The smallest absolute Gasteiger partial charge is 0.249 e. The molecular weight excluding hydrogens is 436 g/mol. The fourth-order valence-electron chi connectivity index (χ4n) is 3.79. The zero-order valence-corrected chi connectivity index (χ0v) is 19.0. The van der Waals surface area contributed by atoms with Gasteiger partial charge in [-0.25, -0.2) is 23.5 Å². The predicted molar refractivity (Wildman–Crippen MR) is 119 cm³/mol. The summed E-state index contributed by atoms with van der Waals surface area (Å²) in [5, 5.41) is 5.56. The molecule has 0 fully saturated rings. The van der Waals surface area contributed by atoms with E-state index in [9.17, 15) is 13.2 Å². The summed E-state index contributed by atoms with van der Waals surface area (Å²) in [7, 11) is -0.674. The first-order chi connectivity index (χ1) is 14.7. The van der Waals surface area contributed by atoms with Crippen LogP contribution in [0.25, 0.3) is 11.3 Å². The van der Waals surface area contributed by atoms with E-state index in [0.29, 0.717) is 29.5 Å². The summed E-state index contributed by atoms with van der Waals surface area (Å²) in [6, 6.07) is 11.7. The van der Waals surface area contributed by atoms with Gasteiger partial charge in [0, 0.05) is 24.6 Å². The van der Waals surface area contributed by atoms with E-state index >= 15 is 0 Å². The van der Waals surface area contributed by atoms with Gasteiger partial charge in [0.1, 0.15) is 0 Å². The molecule has 4 rings (SSSR count). The van der Waals surface area contributed by atoms with Crippen LogP contribution in [0.5, 0.6) is 5.88 Å². The minimum absolute atomic E-state index is 0.0210. The monoisotopic (exact) mass is 458 g/mol. The summed E-state index contributed by atoms with van der Waals surface area (Å²) in [6.45, 7) is 1.57. The number of primary sulfonamides is 1. The summed E-state index contributed by atoms with van der Waals surface area (Å²) in [5.74, 6) is 0.202. The van der Waals surface area contributed by atoms with E-state index in [1.54, 1.807) is 27.1 Å². The second-order valence-electron chi connectivity index (χ2n) is 7.47. The molecule has 0 saturated carbocycles. The van der Waals surface area contributed by atoms with Gasteiger partial charge in [0.15, 0.2) is 9.34 Å². The Hall–Kier alpha value is -2.82. The lowest BCUT2D eigenvalue weighted by Crippen LogP contribution is -2.33. The second-order valence-corrected chi connectivity index (χ2v) is 10.2. The zero-order valence-electron chi connectivity index (χ0n) is 17.3. The summed E-state index contributed by atoms with van der Waals surface area (Å²) in [4.78, 5) is 23.2. The Morgan fingerprint density at radius 1 is 1.19 bits per heavy atom. The molecule has 1 amide bonds. The van der Waals surface area contributed by atoms with E-state index in [1.165, 1.54) is 4.90 Å². The Morgan fingerprint density at radius 2 is 1.94 bits per heavy atom. The van der Waals surface area contributed by atoms with E-state index in [0.717, 1.165) is 33.7 Å². The van der Waals surface area contributed by atoms with Crippen molar-refractivity contribution in [1.82, 2.24) is 9.97 Å². The van der Waals surface area contributed by atoms with Gasteiger partial charge in [0.2, 0.25) is 21.8 Å².